The van der Waals surface area contributed by atoms with Crippen LogP contribution >= 0.6 is 0 Å². The fourth-order valence-corrected chi connectivity index (χ4v) is 5.91. The number of nitrogens with one attached hydrogen (secondary N) is 1. The van der Waals surface area contributed by atoms with Gasteiger partial charge in [-0.15, -0.1) is 0 Å². The van der Waals surface area contributed by atoms with Gasteiger partial charge in [-0.25, -0.2) is 5.48 Å². The Bertz CT molecular complexity index is 1570. The van der Waals surface area contributed by atoms with Crippen LogP contribution in [0, 0.1) is 55.4 Å². The van der Waals surface area contributed by atoms with E-state index in [1.54, 1.807) is 7.05 Å². The van der Waals surface area contributed by atoms with Crippen LogP contribution in [0.15, 0.2) is 54.6 Å². The minimum Gasteiger partial charge on any atom is -0.372 e. The van der Waals surface area contributed by atoms with Crippen molar-refractivity contribution in [1.29, 1.82) is 0 Å². The molecular formula is C39H49NO3. The molecule has 0 bridgehead atoms. The van der Waals surface area contributed by atoms with Gasteiger partial charge in [0.2, 0.25) is 0 Å². The molecule has 4 heteroatoms. The summed E-state index contributed by atoms with van der Waals surface area (Å²) in [6.45, 7) is 19.5. The average molecular weight is 580 g/mol. The lowest BCUT2D eigenvalue weighted by Crippen LogP contribution is -2.11. The van der Waals surface area contributed by atoms with E-state index in [-0.39, 0.29) is 6.79 Å². The molecule has 0 amide bonds. The maximum absolute atomic E-state index is 6.39. The Morgan fingerprint density at radius 1 is 0.488 bits per heavy atom. The van der Waals surface area contributed by atoms with Gasteiger partial charge in [-0.1, -0.05) is 60.2 Å². The summed E-state index contributed by atoms with van der Waals surface area (Å²) in [6, 6.07) is 20.5. The van der Waals surface area contributed by atoms with Crippen LogP contribution in [0.1, 0.15) is 83.5 Å². The van der Waals surface area contributed by atoms with Crippen molar-refractivity contribution < 1.29 is 14.3 Å². The molecular weight excluding hydrogens is 530 g/mol. The topological polar surface area (TPSA) is 39.7 Å². The third kappa shape index (κ3) is 8.43. The molecule has 0 fully saturated rings. The summed E-state index contributed by atoms with van der Waals surface area (Å²) < 4.78 is 12.1. The van der Waals surface area contributed by atoms with Crippen LogP contribution in [0.3, 0.4) is 0 Å². The Morgan fingerprint density at radius 2 is 1.02 bits per heavy atom. The molecule has 0 aliphatic heterocycles. The number of rotatable bonds is 13. The molecule has 0 atom stereocenters. The van der Waals surface area contributed by atoms with Gasteiger partial charge in [0, 0.05) is 7.05 Å². The van der Waals surface area contributed by atoms with Gasteiger partial charge in [-0.05, 0) is 146 Å². The lowest BCUT2D eigenvalue weighted by atomic mass is 9.91. The van der Waals surface area contributed by atoms with Gasteiger partial charge in [0.1, 0.15) is 0 Å². The molecule has 228 valence electrons. The molecule has 1 N–H and O–H groups in total. The van der Waals surface area contributed by atoms with E-state index in [9.17, 15) is 0 Å². The largest absolute Gasteiger partial charge is 0.372 e. The Labute approximate surface area is 259 Å². The normalized spacial score (nSPS) is 11.4. The third-order valence-corrected chi connectivity index (χ3v) is 8.84. The molecule has 0 aliphatic rings. The van der Waals surface area contributed by atoms with Crippen LogP contribution < -0.4 is 5.48 Å². The van der Waals surface area contributed by atoms with Crippen molar-refractivity contribution >= 4 is 0 Å². The Hall–Kier alpha value is -3.28. The smallest absolute Gasteiger partial charge is 0.167 e. The summed E-state index contributed by atoms with van der Waals surface area (Å²) in [4.78, 5) is 5.13. The number of hydrogen-bond acceptors (Lipinski definition) is 4. The quantitative estimate of drug-likeness (QED) is 0.0977. The van der Waals surface area contributed by atoms with Crippen molar-refractivity contribution in [3.8, 4) is 0 Å². The fourth-order valence-electron chi connectivity index (χ4n) is 5.91. The van der Waals surface area contributed by atoms with E-state index < -0.39 is 0 Å². The van der Waals surface area contributed by atoms with Crippen LogP contribution in [-0.2, 0) is 47.0 Å². The first-order chi connectivity index (χ1) is 20.6. The molecule has 0 saturated carbocycles. The second-order valence-electron chi connectivity index (χ2n) is 12.1. The van der Waals surface area contributed by atoms with Crippen molar-refractivity contribution in [2.24, 2.45) is 0 Å². The lowest BCUT2D eigenvalue weighted by molar-refractivity contribution is -0.0982. The number of hydrogen-bond donors (Lipinski definition) is 1. The maximum Gasteiger partial charge on any atom is 0.167 e. The van der Waals surface area contributed by atoms with Crippen LogP contribution in [0.2, 0.25) is 0 Å². The van der Waals surface area contributed by atoms with Crippen molar-refractivity contribution in [2.45, 2.75) is 88.1 Å². The van der Waals surface area contributed by atoms with E-state index in [0.717, 1.165) is 12.8 Å². The maximum atomic E-state index is 6.39. The van der Waals surface area contributed by atoms with Crippen molar-refractivity contribution in [2.75, 3.05) is 13.8 Å². The summed E-state index contributed by atoms with van der Waals surface area (Å²) in [5.74, 6) is 0. The fraction of sp³-hybridized carbons (Fsp3) is 0.385. The monoisotopic (exact) mass is 579 g/mol. The van der Waals surface area contributed by atoms with Gasteiger partial charge in [0.05, 0.1) is 19.8 Å². The predicted molar refractivity (Wildman–Crippen MR) is 178 cm³/mol. The Morgan fingerprint density at radius 3 is 1.60 bits per heavy atom. The van der Waals surface area contributed by atoms with Gasteiger partial charge >= 0.3 is 0 Å². The standard InChI is InChI=1S/C39H49NO3/c1-25-10-12-33(27(3)14-25)17-35-19-37(30(6)15-28(35)4)21-41-22-38-20-36(29(5)16-31(38)7)18-34-13-11-26(2)39(32(34)8)23-42-24-43-40-9/h10-16,19-20,40H,17-18,21-24H2,1-9H3. The van der Waals surface area contributed by atoms with Gasteiger partial charge in [0.15, 0.2) is 6.79 Å². The first-order valence-electron chi connectivity index (χ1n) is 15.3. The van der Waals surface area contributed by atoms with Gasteiger partial charge in [-0.2, -0.15) is 0 Å². The van der Waals surface area contributed by atoms with Crippen LogP contribution in [-0.4, -0.2) is 13.8 Å². The average Bonchev–Trinajstić information content (AvgIpc) is 2.95. The number of ether oxygens (including phenoxy) is 2. The summed E-state index contributed by atoms with van der Waals surface area (Å²) in [6.07, 6.45) is 1.83. The van der Waals surface area contributed by atoms with Gasteiger partial charge in [-0.3, -0.25) is 4.84 Å². The Balaban J connectivity index is 1.47. The van der Waals surface area contributed by atoms with E-state index >= 15 is 0 Å². The van der Waals surface area contributed by atoms with Gasteiger partial charge < -0.3 is 9.47 Å². The molecule has 0 aliphatic carbocycles. The zero-order valence-corrected chi connectivity index (χ0v) is 27.7. The molecule has 4 nitrogen and oxygen atoms in total. The lowest BCUT2D eigenvalue weighted by Gasteiger charge is -2.18. The highest BCUT2D eigenvalue weighted by Crippen LogP contribution is 2.26. The van der Waals surface area contributed by atoms with E-state index in [2.05, 4.69) is 115 Å². The molecule has 0 radical (unpaired) electrons. The van der Waals surface area contributed by atoms with Crippen molar-refractivity contribution in [3.63, 3.8) is 0 Å². The molecule has 0 heterocycles. The Kier molecular flexibility index (Phi) is 11.3. The van der Waals surface area contributed by atoms with Crippen LogP contribution in [0.5, 0.6) is 0 Å². The first kappa shape index (κ1) is 32.6. The highest BCUT2D eigenvalue weighted by atomic mass is 16.7. The van der Waals surface area contributed by atoms with Crippen molar-refractivity contribution in [3.05, 3.63) is 138 Å². The number of benzene rings is 4. The molecule has 0 aromatic heterocycles. The molecule has 4 rings (SSSR count). The molecule has 4 aromatic rings. The minimum absolute atomic E-state index is 0.218. The van der Waals surface area contributed by atoms with E-state index in [1.165, 1.54) is 83.5 Å². The zero-order valence-electron chi connectivity index (χ0n) is 27.7. The van der Waals surface area contributed by atoms with Crippen molar-refractivity contribution in [1.82, 2.24) is 5.48 Å². The van der Waals surface area contributed by atoms with Gasteiger partial charge in [0.25, 0.3) is 0 Å². The summed E-state index contributed by atoms with van der Waals surface area (Å²) in [5.41, 5.74) is 22.2. The zero-order chi connectivity index (χ0) is 31.1. The second kappa shape index (κ2) is 14.9. The molecule has 0 saturated heterocycles. The van der Waals surface area contributed by atoms with E-state index in [0.29, 0.717) is 19.8 Å². The van der Waals surface area contributed by atoms with Crippen LogP contribution in [0.4, 0.5) is 0 Å². The van der Waals surface area contributed by atoms with E-state index in [1.807, 2.05) is 0 Å². The molecule has 0 spiro atoms. The van der Waals surface area contributed by atoms with E-state index in [4.69, 9.17) is 14.3 Å². The highest BCUT2D eigenvalue weighted by Gasteiger charge is 2.13. The minimum atomic E-state index is 0.218. The SMILES string of the molecule is CNOCOCc1c(C)ccc(Cc2cc(COCc3cc(Cc4ccc(C)cc4C)c(C)cc3C)c(C)cc2C)c1C. The van der Waals surface area contributed by atoms with Crippen LogP contribution in [0.25, 0.3) is 0 Å². The number of hydroxylamine groups is 1. The summed E-state index contributed by atoms with van der Waals surface area (Å²) in [5, 5.41) is 0. The predicted octanol–water partition coefficient (Wildman–Crippen LogP) is 8.68. The third-order valence-electron chi connectivity index (χ3n) is 8.84. The molecule has 4 aromatic carbocycles. The molecule has 43 heavy (non-hydrogen) atoms. The summed E-state index contributed by atoms with van der Waals surface area (Å²) >= 11 is 0. The molecule has 0 unspecified atom stereocenters. The highest BCUT2D eigenvalue weighted by molar-refractivity contribution is 5.45. The first-order valence-corrected chi connectivity index (χ1v) is 15.3. The summed E-state index contributed by atoms with van der Waals surface area (Å²) in [7, 11) is 1.73. The second-order valence-corrected chi connectivity index (χ2v) is 12.1. The number of aryl methyl sites for hydroxylation is 7.